The van der Waals surface area contributed by atoms with Crippen molar-refractivity contribution in [2.45, 2.75) is 20.0 Å². The van der Waals surface area contributed by atoms with E-state index in [1.807, 2.05) is 54.1 Å². The molecule has 128 valence electrons. The summed E-state index contributed by atoms with van der Waals surface area (Å²) < 4.78 is 15.0. The van der Waals surface area contributed by atoms with Crippen molar-refractivity contribution in [3.63, 3.8) is 0 Å². The number of rotatable bonds is 5. The van der Waals surface area contributed by atoms with Crippen LogP contribution in [-0.4, -0.2) is 10.6 Å². The Bertz CT molecular complexity index is 855. The second-order valence-electron chi connectivity index (χ2n) is 5.88. The Morgan fingerprint density at radius 3 is 2.56 bits per heavy atom. The summed E-state index contributed by atoms with van der Waals surface area (Å²) in [6.07, 6.45) is 1.94. The Hall–Kier alpha value is -3.08. The van der Waals surface area contributed by atoms with E-state index in [0.717, 1.165) is 22.5 Å². The highest BCUT2D eigenvalue weighted by Crippen LogP contribution is 2.13. The van der Waals surface area contributed by atoms with Gasteiger partial charge in [0.25, 0.3) is 0 Å². The fourth-order valence-electron chi connectivity index (χ4n) is 2.60. The number of hydrogen-bond donors (Lipinski definition) is 2. The molecule has 5 heteroatoms. The SMILES string of the molecule is Cc1ccccc1NC(=O)NCc1cccn1Cc1ccc(F)cc1. The van der Waals surface area contributed by atoms with Gasteiger partial charge in [-0.3, -0.25) is 0 Å². The standard InChI is InChI=1S/C20H20FN3O/c1-15-5-2-3-7-19(15)23-20(25)22-13-18-6-4-12-24(18)14-16-8-10-17(21)11-9-16/h2-12H,13-14H2,1H3,(H2,22,23,25). The molecular formula is C20H20FN3O. The van der Waals surface area contributed by atoms with E-state index in [-0.39, 0.29) is 11.8 Å². The number of nitrogens with one attached hydrogen (secondary N) is 2. The molecule has 25 heavy (non-hydrogen) atoms. The van der Waals surface area contributed by atoms with Crippen LogP contribution in [0.1, 0.15) is 16.8 Å². The van der Waals surface area contributed by atoms with E-state index >= 15 is 0 Å². The second kappa shape index (κ2) is 7.66. The van der Waals surface area contributed by atoms with E-state index < -0.39 is 0 Å². The molecule has 0 radical (unpaired) electrons. The van der Waals surface area contributed by atoms with E-state index in [9.17, 15) is 9.18 Å². The lowest BCUT2D eigenvalue weighted by molar-refractivity contribution is 0.251. The molecule has 0 aliphatic rings. The molecule has 0 aliphatic carbocycles. The third kappa shape index (κ3) is 4.47. The topological polar surface area (TPSA) is 46.1 Å². The molecule has 2 N–H and O–H groups in total. The van der Waals surface area contributed by atoms with Crippen molar-refractivity contribution in [1.82, 2.24) is 9.88 Å². The van der Waals surface area contributed by atoms with Gasteiger partial charge in [-0.15, -0.1) is 0 Å². The van der Waals surface area contributed by atoms with Gasteiger partial charge in [0.2, 0.25) is 0 Å². The number of hydrogen-bond acceptors (Lipinski definition) is 1. The van der Waals surface area contributed by atoms with Crippen molar-refractivity contribution in [1.29, 1.82) is 0 Å². The van der Waals surface area contributed by atoms with Crippen molar-refractivity contribution >= 4 is 11.7 Å². The fourth-order valence-corrected chi connectivity index (χ4v) is 2.60. The molecule has 0 bridgehead atoms. The number of nitrogens with zero attached hydrogens (tertiary/aromatic N) is 1. The summed E-state index contributed by atoms with van der Waals surface area (Å²) in [4.78, 5) is 12.1. The molecular weight excluding hydrogens is 317 g/mol. The van der Waals surface area contributed by atoms with Crippen LogP contribution in [0.15, 0.2) is 66.9 Å². The first kappa shape index (κ1) is 16.8. The molecule has 0 saturated carbocycles. The maximum absolute atomic E-state index is 13.0. The summed E-state index contributed by atoms with van der Waals surface area (Å²) in [5, 5.41) is 5.71. The molecule has 3 rings (SSSR count). The first-order chi connectivity index (χ1) is 12.1. The predicted octanol–water partition coefficient (Wildman–Crippen LogP) is 4.31. The number of para-hydroxylation sites is 1. The quantitative estimate of drug-likeness (QED) is 0.716. The Labute approximate surface area is 146 Å². The van der Waals surface area contributed by atoms with Gasteiger partial charge < -0.3 is 15.2 Å². The first-order valence-corrected chi connectivity index (χ1v) is 8.11. The van der Waals surface area contributed by atoms with Gasteiger partial charge >= 0.3 is 6.03 Å². The number of amides is 2. The number of aryl methyl sites for hydroxylation is 1. The lowest BCUT2D eigenvalue weighted by Crippen LogP contribution is -2.29. The van der Waals surface area contributed by atoms with Crippen LogP contribution in [0.2, 0.25) is 0 Å². The van der Waals surface area contributed by atoms with Crippen LogP contribution < -0.4 is 10.6 Å². The number of carbonyl (C=O) groups is 1. The number of anilines is 1. The zero-order valence-corrected chi connectivity index (χ0v) is 14.0. The number of halogens is 1. The van der Waals surface area contributed by atoms with E-state index in [1.54, 1.807) is 12.1 Å². The van der Waals surface area contributed by atoms with Crippen LogP contribution in [-0.2, 0) is 13.1 Å². The minimum absolute atomic E-state index is 0.244. The molecule has 0 aliphatic heterocycles. The van der Waals surface area contributed by atoms with Gasteiger partial charge in [0, 0.05) is 24.1 Å². The average Bonchev–Trinajstić information content (AvgIpc) is 3.04. The smallest absolute Gasteiger partial charge is 0.319 e. The second-order valence-corrected chi connectivity index (χ2v) is 5.88. The van der Waals surface area contributed by atoms with Crippen LogP contribution >= 0.6 is 0 Å². The van der Waals surface area contributed by atoms with Crippen molar-refractivity contribution in [3.8, 4) is 0 Å². The van der Waals surface area contributed by atoms with Crippen LogP contribution in [0.3, 0.4) is 0 Å². The highest BCUT2D eigenvalue weighted by atomic mass is 19.1. The monoisotopic (exact) mass is 337 g/mol. The van der Waals surface area contributed by atoms with Crippen molar-refractivity contribution in [2.24, 2.45) is 0 Å². The zero-order chi connectivity index (χ0) is 17.6. The molecule has 0 atom stereocenters. The number of benzene rings is 2. The molecule has 0 spiro atoms. The molecule has 0 fully saturated rings. The summed E-state index contributed by atoms with van der Waals surface area (Å²) in [6.45, 7) is 2.99. The highest BCUT2D eigenvalue weighted by Gasteiger charge is 2.06. The molecule has 2 amide bonds. The van der Waals surface area contributed by atoms with Crippen molar-refractivity contribution < 1.29 is 9.18 Å². The van der Waals surface area contributed by atoms with Gasteiger partial charge in [0.1, 0.15) is 5.82 Å². The fraction of sp³-hybridized carbons (Fsp3) is 0.150. The van der Waals surface area contributed by atoms with Crippen molar-refractivity contribution in [2.75, 3.05) is 5.32 Å². The average molecular weight is 337 g/mol. The summed E-state index contributed by atoms with van der Waals surface area (Å²) in [5.74, 6) is -0.244. The van der Waals surface area contributed by atoms with E-state index in [2.05, 4.69) is 10.6 Å². The highest BCUT2D eigenvalue weighted by molar-refractivity contribution is 5.89. The van der Waals surface area contributed by atoms with Crippen molar-refractivity contribution in [3.05, 3.63) is 89.5 Å². The summed E-state index contributed by atoms with van der Waals surface area (Å²) in [6, 6.07) is 17.7. The molecule has 1 aromatic heterocycles. The van der Waals surface area contributed by atoms with Gasteiger partial charge in [0.05, 0.1) is 6.54 Å². The third-order valence-electron chi connectivity index (χ3n) is 4.01. The Balaban J connectivity index is 1.59. The number of carbonyl (C=O) groups excluding carboxylic acids is 1. The minimum atomic E-state index is -0.246. The first-order valence-electron chi connectivity index (χ1n) is 8.11. The summed E-state index contributed by atoms with van der Waals surface area (Å²) >= 11 is 0. The van der Waals surface area contributed by atoms with E-state index in [0.29, 0.717) is 13.1 Å². The van der Waals surface area contributed by atoms with Crippen LogP contribution in [0.4, 0.5) is 14.9 Å². The maximum Gasteiger partial charge on any atom is 0.319 e. The molecule has 2 aromatic carbocycles. The Morgan fingerprint density at radius 2 is 1.80 bits per heavy atom. The normalized spacial score (nSPS) is 10.5. The van der Waals surface area contributed by atoms with Gasteiger partial charge in [-0.05, 0) is 48.4 Å². The Kier molecular flexibility index (Phi) is 5.14. The van der Waals surface area contributed by atoms with Gasteiger partial charge in [-0.2, -0.15) is 0 Å². The van der Waals surface area contributed by atoms with Crippen LogP contribution in [0, 0.1) is 12.7 Å². The summed E-state index contributed by atoms with van der Waals surface area (Å²) in [7, 11) is 0. The maximum atomic E-state index is 13.0. The molecule has 1 heterocycles. The number of aromatic nitrogens is 1. The lowest BCUT2D eigenvalue weighted by Gasteiger charge is -2.12. The Morgan fingerprint density at radius 1 is 1.04 bits per heavy atom. The minimum Gasteiger partial charge on any atom is -0.345 e. The van der Waals surface area contributed by atoms with Crippen LogP contribution in [0.5, 0.6) is 0 Å². The molecule has 0 unspecified atom stereocenters. The van der Waals surface area contributed by atoms with E-state index in [4.69, 9.17) is 0 Å². The molecule has 3 aromatic rings. The van der Waals surface area contributed by atoms with E-state index in [1.165, 1.54) is 12.1 Å². The van der Waals surface area contributed by atoms with Gasteiger partial charge in [-0.25, -0.2) is 9.18 Å². The summed E-state index contributed by atoms with van der Waals surface area (Å²) in [5.41, 5.74) is 3.78. The zero-order valence-electron chi connectivity index (χ0n) is 14.0. The largest absolute Gasteiger partial charge is 0.345 e. The predicted molar refractivity (Wildman–Crippen MR) is 97.0 cm³/mol. The van der Waals surface area contributed by atoms with Crippen LogP contribution in [0.25, 0.3) is 0 Å². The lowest BCUT2D eigenvalue weighted by atomic mass is 10.2. The molecule has 0 saturated heterocycles. The van der Waals surface area contributed by atoms with Gasteiger partial charge in [0.15, 0.2) is 0 Å². The number of urea groups is 1. The molecule has 4 nitrogen and oxygen atoms in total. The third-order valence-corrected chi connectivity index (χ3v) is 4.01. The van der Waals surface area contributed by atoms with Gasteiger partial charge in [-0.1, -0.05) is 30.3 Å².